The fourth-order valence-corrected chi connectivity index (χ4v) is 0. The lowest BCUT2D eigenvalue weighted by Crippen LogP contribution is -1.89. The fourth-order valence-electron chi connectivity index (χ4n) is 0. The van der Waals surface area contributed by atoms with Crippen molar-refractivity contribution in [2.24, 2.45) is 0 Å². The molecule has 0 fully saturated rings. The highest BCUT2D eigenvalue weighted by Gasteiger charge is 1.25. The van der Waals surface area contributed by atoms with Gasteiger partial charge < -0.3 is 11.5 Å². The van der Waals surface area contributed by atoms with Crippen LogP contribution in [0.25, 0.3) is 0 Å². The zero-order chi connectivity index (χ0) is 2.71. The third kappa shape index (κ3) is 254. The summed E-state index contributed by atoms with van der Waals surface area (Å²) in [5.74, 6) is 0. The maximum absolute atomic E-state index is 2.75. The molecule has 0 spiro atoms. The second-order valence-electron chi connectivity index (χ2n) is 0.500. The van der Waals surface area contributed by atoms with Crippen molar-refractivity contribution in [3.63, 3.8) is 0 Å². The van der Waals surface area contributed by atoms with Gasteiger partial charge >= 0.3 is 0 Å². The molecule has 0 bridgehead atoms. The van der Waals surface area contributed by atoms with Gasteiger partial charge in [-0.05, 0) is 14.1 Å². The highest BCUT2D eigenvalue weighted by atomic mass is 14.7. The Morgan fingerprint density at radius 1 is 1.25 bits per heavy atom. The minimum absolute atomic E-state index is 0. The van der Waals surface area contributed by atoms with Crippen LogP contribution in [0.5, 0.6) is 0 Å². The Morgan fingerprint density at radius 2 is 1.25 bits per heavy atom. The van der Waals surface area contributed by atoms with E-state index in [2.05, 4.69) is 5.32 Å². The summed E-state index contributed by atoms with van der Waals surface area (Å²) in [6, 6.07) is 0. The van der Waals surface area contributed by atoms with Crippen LogP contribution >= 0.6 is 0 Å². The molecule has 0 aromatic carbocycles. The summed E-state index contributed by atoms with van der Waals surface area (Å²) in [7, 11) is 3.75. The van der Waals surface area contributed by atoms with E-state index in [1.807, 2.05) is 14.1 Å². The van der Waals surface area contributed by atoms with Gasteiger partial charge in [-0.15, -0.1) is 0 Å². The van der Waals surface area contributed by atoms with E-state index in [0.29, 0.717) is 0 Å². The topological polar surface area (TPSA) is 48.5 Å². The van der Waals surface area contributed by atoms with Crippen LogP contribution in [0, 0.1) is 0 Å². The van der Waals surface area contributed by atoms with E-state index in [-0.39, 0.29) is 6.15 Å². The zero-order valence-electron chi connectivity index (χ0n) is 3.50. The normalized spacial score (nSPS) is 4.50. The van der Waals surface area contributed by atoms with E-state index in [0.717, 1.165) is 0 Å². The molecule has 0 aliphatic rings. The van der Waals surface area contributed by atoms with Crippen LogP contribution in [0.15, 0.2) is 0 Å². The molecule has 0 aromatic heterocycles. The molecule has 0 rings (SSSR count). The number of quaternary nitrogens is 1. The molecule has 0 radical (unpaired) electrons. The molecule has 4 heavy (non-hydrogen) atoms. The Morgan fingerprint density at radius 3 is 1.25 bits per heavy atom. The van der Waals surface area contributed by atoms with E-state index in [1.165, 1.54) is 0 Å². The van der Waals surface area contributed by atoms with Crippen LogP contribution < -0.4 is 11.5 Å². The van der Waals surface area contributed by atoms with E-state index in [4.69, 9.17) is 0 Å². The maximum Gasteiger partial charge on any atom is -0.0167 e. The van der Waals surface area contributed by atoms with Crippen LogP contribution in [0.1, 0.15) is 0 Å². The third-order valence-electron chi connectivity index (χ3n) is 0. The van der Waals surface area contributed by atoms with Gasteiger partial charge in [-0.3, -0.25) is 0 Å². The van der Waals surface area contributed by atoms with Gasteiger partial charge in [0, 0.05) is 0 Å². The van der Waals surface area contributed by atoms with Crippen molar-refractivity contribution in [3.05, 3.63) is 0 Å². The first kappa shape index (κ1) is 9.07. The minimum Gasteiger partial charge on any atom is -0.369 e. The molecule has 0 aliphatic heterocycles. The molecule has 0 unspecified atom stereocenters. The predicted octanol–water partition coefficient (Wildman–Crippen LogP) is 0.212. The molecule has 0 saturated carbocycles. The molecule has 0 heterocycles. The lowest BCUT2D eigenvalue weighted by Gasteiger charge is -1.59. The fraction of sp³-hybridized carbons (Fsp3) is 1.00. The summed E-state index contributed by atoms with van der Waals surface area (Å²) >= 11 is 0. The quantitative estimate of drug-likeness (QED) is 0.415. The van der Waals surface area contributed by atoms with Gasteiger partial charge in [0.2, 0.25) is 0 Å². The van der Waals surface area contributed by atoms with Gasteiger partial charge in [0.1, 0.15) is 0 Å². The van der Waals surface area contributed by atoms with Crippen molar-refractivity contribution in [2.45, 2.75) is 0 Å². The third-order valence-corrected chi connectivity index (χ3v) is 0. The van der Waals surface area contributed by atoms with Crippen LogP contribution in [0.3, 0.4) is 0 Å². The number of hydrogen-bond acceptors (Lipinski definition) is 1. The molecule has 0 atom stereocenters. The van der Waals surface area contributed by atoms with Gasteiger partial charge in [-0.2, -0.15) is 0 Å². The standard InChI is InChI=1S/C2H7N.H3N/c1-3-2;/h3H,1-2H3;1H3/p+1. The lowest BCUT2D eigenvalue weighted by atomic mass is 11.3. The average molecular weight is 63.1 g/mol. The number of nitrogens with one attached hydrogen (secondary N) is 1. The summed E-state index contributed by atoms with van der Waals surface area (Å²) in [6.07, 6.45) is 0. The Labute approximate surface area is 26.8 Å². The molecule has 0 saturated heterocycles. The van der Waals surface area contributed by atoms with Crippen molar-refractivity contribution in [1.29, 1.82) is 0 Å². The molecule has 0 aromatic rings. The molecule has 0 amide bonds. The summed E-state index contributed by atoms with van der Waals surface area (Å²) in [5, 5.41) is 2.75. The molecule has 5 N–H and O–H groups in total. The van der Waals surface area contributed by atoms with Gasteiger partial charge in [0.15, 0.2) is 0 Å². The van der Waals surface area contributed by atoms with E-state index in [1.54, 1.807) is 0 Å². The molecule has 2 heteroatoms. The predicted molar refractivity (Wildman–Crippen MR) is 21.0 cm³/mol. The smallest absolute Gasteiger partial charge is 0.0167 e. The van der Waals surface area contributed by atoms with Crippen molar-refractivity contribution < 1.29 is 0 Å². The molecular formula is C2H11N2+. The highest BCUT2D eigenvalue weighted by Crippen LogP contribution is 0.981. The second-order valence-corrected chi connectivity index (χ2v) is 0.500. The van der Waals surface area contributed by atoms with Crippen molar-refractivity contribution in [3.8, 4) is 0 Å². The Bertz CT molecular complexity index is 4.00. The Kier molecular flexibility index (Phi) is 28.8. The highest BCUT2D eigenvalue weighted by molar-refractivity contribution is 3.91. The van der Waals surface area contributed by atoms with Crippen molar-refractivity contribution in [1.82, 2.24) is 11.5 Å². The van der Waals surface area contributed by atoms with Gasteiger partial charge in [0.25, 0.3) is 0 Å². The maximum atomic E-state index is 2.75. The van der Waals surface area contributed by atoms with E-state index >= 15 is 0 Å². The average Bonchev–Trinajstić information content (AvgIpc) is 0.918. The van der Waals surface area contributed by atoms with Gasteiger partial charge in [0.05, 0.1) is 0 Å². The lowest BCUT2D eigenvalue weighted by molar-refractivity contribution is 1.02. The first-order chi connectivity index (χ1) is 1.41. The van der Waals surface area contributed by atoms with Crippen LogP contribution in [-0.2, 0) is 0 Å². The van der Waals surface area contributed by atoms with Gasteiger partial charge in [-0.25, -0.2) is 0 Å². The first-order valence-electron chi connectivity index (χ1n) is 1.00. The number of rotatable bonds is 0. The van der Waals surface area contributed by atoms with Gasteiger partial charge in [-0.1, -0.05) is 0 Å². The minimum atomic E-state index is 0. The number of hydrogen-bond donors (Lipinski definition) is 2. The summed E-state index contributed by atoms with van der Waals surface area (Å²) in [5.41, 5.74) is 0. The van der Waals surface area contributed by atoms with E-state index in [9.17, 15) is 0 Å². The van der Waals surface area contributed by atoms with Crippen molar-refractivity contribution >= 4 is 0 Å². The zero-order valence-corrected chi connectivity index (χ0v) is 3.50. The summed E-state index contributed by atoms with van der Waals surface area (Å²) in [4.78, 5) is 0. The Hall–Kier alpha value is -0.0800. The monoisotopic (exact) mass is 63.1 g/mol. The van der Waals surface area contributed by atoms with E-state index < -0.39 is 0 Å². The summed E-state index contributed by atoms with van der Waals surface area (Å²) < 4.78 is 0. The van der Waals surface area contributed by atoms with Crippen LogP contribution in [0.4, 0.5) is 0 Å². The van der Waals surface area contributed by atoms with Crippen LogP contribution in [-0.4, -0.2) is 14.1 Å². The van der Waals surface area contributed by atoms with Crippen molar-refractivity contribution in [2.75, 3.05) is 14.1 Å². The molecule has 2 nitrogen and oxygen atoms in total. The SMILES string of the molecule is CNC.[NH4+]. The van der Waals surface area contributed by atoms with Crippen LogP contribution in [0.2, 0.25) is 0 Å². The molecule has 28 valence electrons. The first-order valence-corrected chi connectivity index (χ1v) is 1.00. The Balaban J connectivity index is 0. The second kappa shape index (κ2) is 12.7. The summed E-state index contributed by atoms with van der Waals surface area (Å²) in [6.45, 7) is 0. The largest absolute Gasteiger partial charge is 0.369 e. The molecule has 0 aliphatic carbocycles. The molecular weight excluding hydrogens is 52.0 g/mol.